The van der Waals surface area contributed by atoms with Crippen molar-refractivity contribution in [2.75, 3.05) is 6.61 Å². The quantitative estimate of drug-likeness (QED) is 0.405. The highest BCUT2D eigenvalue weighted by molar-refractivity contribution is 5.83. The number of guanidine groups is 1. The van der Waals surface area contributed by atoms with Crippen molar-refractivity contribution < 1.29 is 10.2 Å². The molecule has 0 radical (unpaired) electrons. The molecule has 7 N–H and O–H groups in total. The van der Waals surface area contributed by atoms with Crippen LogP contribution in [0.3, 0.4) is 0 Å². The third-order valence-corrected chi connectivity index (χ3v) is 3.41. The number of aliphatic hydroxyl groups excluding tert-OH is 1. The van der Waals surface area contributed by atoms with E-state index in [9.17, 15) is 10.2 Å². The smallest absolute Gasteiger partial charge is 0.191 e. The number of aliphatic imine (C=N–C) groups is 1. The molecule has 0 saturated carbocycles. The molecule has 1 heterocycles. The van der Waals surface area contributed by atoms with Crippen LogP contribution in [0.25, 0.3) is 11.0 Å². The molecule has 20 heavy (non-hydrogen) atoms. The third-order valence-electron chi connectivity index (χ3n) is 3.41. The van der Waals surface area contributed by atoms with Crippen molar-refractivity contribution in [3.8, 4) is 0 Å². The lowest BCUT2D eigenvalue weighted by molar-refractivity contribution is -0.0186. The van der Waals surface area contributed by atoms with Gasteiger partial charge in [-0.3, -0.25) is 0 Å². The maximum atomic E-state index is 10.1. The van der Waals surface area contributed by atoms with Gasteiger partial charge in [0.25, 0.3) is 0 Å². The van der Waals surface area contributed by atoms with E-state index in [2.05, 4.69) is 15.0 Å². The van der Waals surface area contributed by atoms with Gasteiger partial charge >= 0.3 is 0 Å². The highest BCUT2D eigenvalue weighted by Gasteiger charge is 2.30. The molecule has 0 aliphatic rings. The molecular weight excluding hydrogens is 258 g/mol. The Morgan fingerprint density at radius 3 is 2.80 bits per heavy atom. The number of imidazole rings is 1. The standard InChI is InChI=1S/C13H19N5O2/c1-7(13(2,20)6-19)11-17-9-4-3-8(16-12(14)15)5-10(9)18-11/h3-5,7,19-20H,6H2,1-2H3,(H,17,18)(H4,14,15,16). The molecule has 1 aromatic heterocycles. The van der Waals surface area contributed by atoms with Crippen molar-refractivity contribution >= 4 is 22.7 Å². The van der Waals surface area contributed by atoms with Crippen molar-refractivity contribution in [1.82, 2.24) is 9.97 Å². The van der Waals surface area contributed by atoms with Gasteiger partial charge in [0.05, 0.1) is 28.9 Å². The summed E-state index contributed by atoms with van der Waals surface area (Å²) in [6.07, 6.45) is 0. The average molecular weight is 277 g/mol. The van der Waals surface area contributed by atoms with Crippen LogP contribution >= 0.6 is 0 Å². The number of nitrogens with zero attached hydrogens (tertiary/aromatic N) is 2. The molecule has 108 valence electrons. The van der Waals surface area contributed by atoms with Crippen LogP contribution in [0.5, 0.6) is 0 Å². The molecule has 0 amide bonds. The average Bonchev–Trinajstić information content (AvgIpc) is 2.79. The van der Waals surface area contributed by atoms with Crippen LogP contribution in [0.1, 0.15) is 25.6 Å². The molecule has 2 unspecified atom stereocenters. The van der Waals surface area contributed by atoms with Gasteiger partial charge in [0.1, 0.15) is 5.82 Å². The molecular formula is C13H19N5O2. The Hall–Kier alpha value is -2.12. The van der Waals surface area contributed by atoms with E-state index >= 15 is 0 Å². The van der Waals surface area contributed by atoms with Crippen LogP contribution < -0.4 is 11.5 Å². The Bertz CT molecular complexity index is 643. The fourth-order valence-corrected chi connectivity index (χ4v) is 1.87. The Morgan fingerprint density at radius 1 is 1.50 bits per heavy atom. The number of nitrogens with one attached hydrogen (secondary N) is 1. The summed E-state index contributed by atoms with van der Waals surface area (Å²) >= 11 is 0. The first-order chi connectivity index (χ1) is 9.33. The maximum absolute atomic E-state index is 10.1. The van der Waals surface area contributed by atoms with Crippen molar-refractivity contribution in [3.63, 3.8) is 0 Å². The SMILES string of the molecule is CC(c1nc2ccc(N=C(N)N)cc2[nH]1)C(C)(O)CO. The van der Waals surface area contributed by atoms with E-state index in [1.807, 2.05) is 0 Å². The van der Waals surface area contributed by atoms with Crippen molar-refractivity contribution in [3.05, 3.63) is 24.0 Å². The van der Waals surface area contributed by atoms with Gasteiger partial charge in [0.15, 0.2) is 5.96 Å². The summed E-state index contributed by atoms with van der Waals surface area (Å²) in [7, 11) is 0. The zero-order valence-corrected chi connectivity index (χ0v) is 11.5. The first kappa shape index (κ1) is 14.3. The van der Waals surface area contributed by atoms with Crippen LogP contribution in [0.2, 0.25) is 0 Å². The van der Waals surface area contributed by atoms with Gasteiger partial charge in [-0.05, 0) is 25.1 Å². The highest BCUT2D eigenvalue weighted by atomic mass is 16.3. The minimum Gasteiger partial charge on any atom is -0.393 e. The lowest BCUT2D eigenvalue weighted by atomic mass is 9.91. The maximum Gasteiger partial charge on any atom is 0.191 e. The minimum absolute atomic E-state index is 0.0133. The van der Waals surface area contributed by atoms with Gasteiger partial charge in [0.2, 0.25) is 0 Å². The molecule has 2 rings (SSSR count). The van der Waals surface area contributed by atoms with Crippen LogP contribution in [-0.4, -0.2) is 38.3 Å². The molecule has 0 fully saturated rings. The fourth-order valence-electron chi connectivity index (χ4n) is 1.87. The zero-order chi connectivity index (χ0) is 14.9. The van der Waals surface area contributed by atoms with Crippen molar-refractivity contribution in [2.45, 2.75) is 25.4 Å². The highest BCUT2D eigenvalue weighted by Crippen LogP contribution is 2.28. The zero-order valence-electron chi connectivity index (χ0n) is 11.5. The second-order valence-electron chi connectivity index (χ2n) is 5.10. The van der Waals surface area contributed by atoms with E-state index in [1.165, 1.54) is 0 Å². The van der Waals surface area contributed by atoms with Gasteiger partial charge in [-0.1, -0.05) is 6.92 Å². The number of nitrogens with two attached hydrogens (primary N) is 2. The first-order valence-electron chi connectivity index (χ1n) is 6.26. The fraction of sp³-hybridized carbons (Fsp3) is 0.385. The molecule has 7 heteroatoms. The van der Waals surface area contributed by atoms with E-state index < -0.39 is 5.60 Å². The summed E-state index contributed by atoms with van der Waals surface area (Å²) in [4.78, 5) is 11.5. The number of hydrogen-bond donors (Lipinski definition) is 5. The summed E-state index contributed by atoms with van der Waals surface area (Å²) in [6.45, 7) is 3.02. The summed E-state index contributed by atoms with van der Waals surface area (Å²) < 4.78 is 0. The van der Waals surface area contributed by atoms with Gasteiger partial charge in [-0.15, -0.1) is 0 Å². The van der Waals surface area contributed by atoms with Crippen LogP contribution in [0.15, 0.2) is 23.2 Å². The van der Waals surface area contributed by atoms with Crippen LogP contribution in [-0.2, 0) is 0 Å². The number of hydrogen-bond acceptors (Lipinski definition) is 4. The van der Waals surface area contributed by atoms with Gasteiger partial charge in [-0.25, -0.2) is 9.98 Å². The number of fused-ring (bicyclic) bond motifs is 1. The number of aliphatic hydroxyl groups is 2. The van der Waals surface area contributed by atoms with Gasteiger partial charge in [0, 0.05) is 5.92 Å². The molecule has 2 atom stereocenters. The predicted molar refractivity (Wildman–Crippen MR) is 77.7 cm³/mol. The predicted octanol–water partition coefficient (Wildman–Crippen LogP) is 0.315. The first-order valence-corrected chi connectivity index (χ1v) is 6.26. The van der Waals surface area contributed by atoms with E-state index in [-0.39, 0.29) is 18.5 Å². The monoisotopic (exact) mass is 277 g/mol. The second-order valence-corrected chi connectivity index (χ2v) is 5.10. The van der Waals surface area contributed by atoms with Gasteiger partial charge < -0.3 is 26.7 Å². The van der Waals surface area contributed by atoms with Crippen molar-refractivity contribution in [1.29, 1.82) is 0 Å². The van der Waals surface area contributed by atoms with E-state index in [0.717, 1.165) is 11.0 Å². The molecule has 1 aromatic carbocycles. The summed E-state index contributed by atoms with van der Waals surface area (Å²) in [5.74, 6) is 0.244. The number of rotatable bonds is 4. The Morgan fingerprint density at radius 2 is 2.20 bits per heavy atom. The third kappa shape index (κ3) is 2.73. The Labute approximate surface area is 116 Å². The summed E-state index contributed by atoms with van der Waals surface area (Å²) in [6, 6.07) is 5.31. The molecule has 0 aliphatic carbocycles. The number of aromatic nitrogens is 2. The van der Waals surface area contributed by atoms with E-state index in [0.29, 0.717) is 11.5 Å². The Balaban J connectivity index is 2.41. The minimum atomic E-state index is -1.24. The number of benzene rings is 1. The normalized spacial score (nSPS) is 15.8. The lowest BCUT2D eigenvalue weighted by Gasteiger charge is -2.26. The van der Waals surface area contributed by atoms with Gasteiger partial charge in [-0.2, -0.15) is 0 Å². The molecule has 7 nitrogen and oxygen atoms in total. The van der Waals surface area contributed by atoms with Crippen LogP contribution in [0, 0.1) is 0 Å². The number of H-pyrrole nitrogens is 1. The van der Waals surface area contributed by atoms with Crippen molar-refractivity contribution in [2.24, 2.45) is 16.5 Å². The molecule has 0 spiro atoms. The Kier molecular flexibility index (Phi) is 3.65. The molecule has 0 bridgehead atoms. The summed E-state index contributed by atoms with van der Waals surface area (Å²) in [5, 5.41) is 19.3. The topological polar surface area (TPSA) is 134 Å². The molecule has 2 aromatic rings. The van der Waals surface area contributed by atoms with E-state index in [1.54, 1.807) is 32.0 Å². The lowest BCUT2D eigenvalue weighted by Crippen LogP contribution is -2.35. The molecule has 0 aliphatic heterocycles. The number of aromatic amines is 1. The molecule has 0 saturated heterocycles. The van der Waals surface area contributed by atoms with E-state index in [4.69, 9.17) is 11.5 Å². The second kappa shape index (κ2) is 5.10. The van der Waals surface area contributed by atoms with Crippen LogP contribution in [0.4, 0.5) is 5.69 Å². The largest absolute Gasteiger partial charge is 0.393 e. The summed E-state index contributed by atoms with van der Waals surface area (Å²) in [5.41, 5.74) is 11.6.